The highest BCUT2D eigenvalue weighted by molar-refractivity contribution is 5.94. The predicted molar refractivity (Wildman–Crippen MR) is 75.1 cm³/mol. The van der Waals surface area contributed by atoms with Crippen molar-refractivity contribution in [2.45, 2.75) is 33.1 Å². The molecule has 1 aliphatic rings. The minimum atomic E-state index is 0.0581. The second-order valence-corrected chi connectivity index (χ2v) is 5.52. The maximum Gasteiger partial charge on any atom is 0.226 e. The number of benzene rings is 1. The molecule has 0 bridgehead atoms. The summed E-state index contributed by atoms with van der Waals surface area (Å²) in [6.07, 6.45) is 2.76. The maximum atomic E-state index is 12.2. The minimum Gasteiger partial charge on any atom is -0.342 e. The molecule has 0 aromatic heterocycles. The fourth-order valence-electron chi connectivity index (χ4n) is 2.56. The molecule has 0 saturated carbocycles. The van der Waals surface area contributed by atoms with Crippen molar-refractivity contribution >= 4 is 11.7 Å². The minimum absolute atomic E-state index is 0.0581. The molecule has 3 nitrogen and oxygen atoms in total. The van der Waals surface area contributed by atoms with Crippen molar-refractivity contribution in [1.82, 2.24) is 4.90 Å². The third-order valence-electron chi connectivity index (χ3n) is 3.73. The van der Waals surface area contributed by atoms with Gasteiger partial charge in [0.2, 0.25) is 5.91 Å². The van der Waals surface area contributed by atoms with Crippen LogP contribution in [0.1, 0.15) is 42.6 Å². The lowest BCUT2D eigenvalue weighted by atomic mass is 9.99. The van der Waals surface area contributed by atoms with Gasteiger partial charge >= 0.3 is 0 Å². The molecule has 3 heteroatoms. The summed E-state index contributed by atoms with van der Waals surface area (Å²) >= 11 is 0. The number of amides is 1. The highest BCUT2D eigenvalue weighted by Gasteiger charge is 2.20. The average Bonchev–Trinajstić information content (AvgIpc) is 2.39. The van der Waals surface area contributed by atoms with Crippen LogP contribution >= 0.6 is 0 Å². The van der Waals surface area contributed by atoms with Crippen molar-refractivity contribution < 1.29 is 9.59 Å². The third kappa shape index (κ3) is 3.66. The van der Waals surface area contributed by atoms with Gasteiger partial charge in [-0.3, -0.25) is 9.59 Å². The van der Waals surface area contributed by atoms with Gasteiger partial charge in [-0.25, -0.2) is 0 Å². The highest BCUT2D eigenvalue weighted by Crippen LogP contribution is 2.16. The normalized spacial score (nSPS) is 19.3. The Balaban J connectivity index is 1.96. The van der Waals surface area contributed by atoms with Gasteiger partial charge in [0.1, 0.15) is 0 Å². The summed E-state index contributed by atoms with van der Waals surface area (Å²) < 4.78 is 0. The summed E-state index contributed by atoms with van der Waals surface area (Å²) in [6, 6.07) is 7.34. The zero-order valence-electron chi connectivity index (χ0n) is 11.7. The third-order valence-corrected chi connectivity index (χ3v) is 3.73. The van der Waals surface area contributed by atoms with Gasteiger partial charge in [0, 0.05) is 18.7 Å². The van der Waals surface area contributed by atoms with Crippen molar-refractivity contribution in [2.75, 3.05) is 13.1 Å². The van der Waals surface area contributed by atoms with Crippen LogP contribution in [0.2, 0.25) is 0 Å². The molecule has 19 heavy (non-hydrogen) atoms. The van der Waals surface area contributed by atoms with E-state index in [0.29, 0.717) is 17.9 Å². The Hall–Kier alpha value is -1.64. The smallest absolute Gasteiger partial charge is 0.226 e. The lowest BCUT2D eigenvalue weighted by Crippen LogP contribution is -2.39. The number of likely N-dealkylation sites (tertiary alicyclic amines) is 1. The lowest BCUT2D eigenvalue weighted by Gasteiger charge is -2.31. The first-order valence-corrected chi connectivity index (χ1v) is 6.94. The van der Waals surface area contributed by atoms with Gasteiger partial charge in [-0.1, -0.05) is 31.2 Å². The molecule has 0 aliphatic carbocycles. The molecule has 0 spiro atoms. The van der Waals surface area contributed by atoms with Gasteiger partial charge in [0.05, 0.1) is 6.42 Å². The topological polar surface area (TPSA) is 37.4 Å². The Morgan fingerprint density at radius 1 is 1.26 bits per heavy atom. The largest absolute Gasteiger partial charge is 0.342 e. The molecule has 1 fully saturated rings. The van der Waals surface area contributed by atoms with Crippen LogP contribution in [0.15, 0.2) is 24.3 Å². The van der Waals surface area contributed by atoms with Crippen LogP contribution < -0.4 is 0 Å². The summed E-state index contributed by atoms with van der Waals surface area (Å²) in [5, 5.41) is 0. The van der Waals surface area contributed by atoms with Crippen LogP contribution in [0.4, 0.5) is 0 Å². The van der Waals surface area contributed by atoms with E-state index in [4.69, 9.17) is 0 Å². The van der Waals surface area contributed by atoms with E-state index in [1.807, 2.05) is 17.0 Å². The molecule has 1 aromatic carbocycles. The van der Waals surface area contributed by atoms with E-state index in [9.17, 15) is 9.59 Å². The van der Waals surface area contributed by atoms with Crippen molar-refractivity contribution in [2.24, 2.45) is 5.92 Å². The predicted octanol–water partition coefficient (Wildman–Crippen LogP) is 2.69. The van der Waals surface area contributed by atoms with Gasteiger partial charge in [-0.05, 0) is 31.2 Å². The van der Waals surface area contributed by atoms with Gasteiger partial charge in [-0.2, -0.15) is 0 Å². The number of carbonyl (C=O) groups excluding carboxylic acids is 2. The first kappa shape index (κ1) is 13.8. The molecule has 1 heterocycles. The summed E-state index contributed by atoms with van der Waals surface area (Å²) in [4.78, 5) is 25.3. The summed E-state index contributed by atoms with van der Waals surface area (Å²) in [6.45, 7) is 5.51. The molecule has 1 aliphatic heterocycles. The molecule has 2 rings (SSSR count). The van der Waals surface area contributed by atoms with Crippen LogP contribution in [-0.2, 0) is 11.2 Å². The summed E-state index contributed by atoms with van der Waals surface area (Å²) in [5.74, 6) is 0.864. The van der Waals surface area contributed by atoms with Crippen molar-refractivity contribution in [3.63, 3.8) is 0 Å². The number of piperidine rings is 1. The van der Waals surface area contributed by atoms with E-state index >= 15 is 0 Å². The number of nitrogens with zero attached hydrogens (tertiary/aromatic N) is 1. The molecule has 1 atom stereocenters. The van der Waals surface area contributed by atoms with Crippen molar-refractivity contribution in [3.8, 4) is 0 Å². The SMILES string of the molecule is CC(=O)c1ccc(CC(=O)N2CCCC(C)C2)cc1. The first-order valence-electron chi connectivity index (χ1n) is 6.94. The van der Waals surface area contributed by atoms with E-state index in [1.165, 1.54) is 6.42 Å². The van der Waals surface area contributed by atoms with Crippen molar-refractivity contribution in [1.29, 1.82) is 0 Å². The Kier molecular flexibility index (Phi) is 4.35. The number of hydrogen-bond donors (Lipinski definition) is 0. The Morgan fingerprint density at radius 3 is 2.53 bits per heavy atom. The fraction of sp³-hybridized carbons (Fsp3) is 0.500. The number of rotatable bonds is 3. The number of Topliss-reactive ketones (excluding diaryl/α,β-unsaturated/α-hetero) is 1. The molecule has 102 valence electrons. The lowest BCUT2D eigenvalue weighted by molar-refractivity contribution is -0.132. The molecule has 1 aromatic rings. The second kappa shape index (κ2) is 6.00. The van der Waals surface area contributed by atoms with E-state index in [1.54, 1.807) is 19.1 Å². The number of ketones is 1. The summed E-state index contributed by atoms with van der Waals surface area (Å²) in [7, 11) is 0. The summed E-state index contributed by atoms with van der Waals surface area (Å²) in [5.41, 5.74) is 1.68. The molecule has 1 unspecified atom stereocenters. The first-order chi connectivity index (χ1) is 9.06. The highest BCUT2D eigenvalue weighted by atomic mass is 16.2. The van der Waals surface area contributed by atoms with E-state index in [2.05, 4.69) is 6.92 Å². The van der Waals surface area contributed by atoms with Crippen LogP contribution in [0.25, 0.3) is 0 Å². The van der Waals surface area contributed by atoms with Crippen molar-refractivity contribution in [3.05, 3.63) is 35.4 Å². The van der Waals surface area contributed by atoms with Crippen LogP contribution in [0, 0.1) is 5.92 Å². The molecule has 0 N–H and O–H groups in total. The standard InChI is InChI=1S/C16H21NO2/c1-12-4-3-9-17(11-12)16(19)10-14-5-7-15(8-6-14)13(2)18/h5-8,12H,3-4,9-11H2,1-2H3. The fourth-order valence-corrected chi connectivity index (χ4v) is 2.56. The molecular formula is C16H21NO2. The molecular weight excluding hydrogens is 238 g/mol. The molecule has 1 saturated heterocycles. The monoisotopic (exact) mass is 259 g/mol. The maximum absolute atomic E-state index is 12.2. The number of hydrogen-bond acceptors (Lipinski definition) is 2. The van der Waals surface area contributed by atoms with Gasteiger partial charge in [0.15, 0.2) is 5.78 Å². The second-order valence-electron chi connectivity index (χ2n) is 5.52. The van der Waals surface area contributed by atoms with Crippen LogP contribution in [-0.4, -0.2) is 29.7 Å². The van der Waals surface area contributed by atoms with Gasteiger partial charge < -0.3 is 4.90 Å². The quantitative estimate of drug-likeness (QED) is 0.783. The molecule has 0 radical (unpaired) electrons. The van der Waals surface area contributed by atoms with Crippen LogP contribution in [0.5, 0.6) is 0 Å². The Bertz CT molecular complexity index is 464. The Labute approximate surface area is 114 Å². The average molecular weight is 259 g/mol. The zero-order valence-corrected chi connectivity index (χ0v) is 11.7. The van der Waals surface area contributed by atoms with Crippen LogP contribution in [0.3, 0.4) is 0 Å². The zero-order chi connectivity index (χ0) is 13.8. The molecule has 1 amide bonds. The van der Waals surface area contributed by atoms with Gasteiger partial charge in [0.25, 0.3) is 0 Å². The Morgan fingerprint density at radius 2 is 1.95 bits per heavy atom. The number of carbonyl (C=O) groups is 2. The van der Waals surface area contributed by atoms with E-state index < -0.39 is 0 Å². The van der Waals surface area contributed by atoms with Gasteiger partial charge in [-0.15, -0.1) is 0 Å². The van der Waals surface area contributed by atoms with E-state index in [-0.39, 0.29) is 11.7 Å². The van der Waals surface area contributed by atoms with E-state index in [0.717, 1.165) is 25.1 Å².